The van der Waals surface area contributed by atoms with Crippen molar-refractivity contribution in [2.75, 3.05) is 13.1 Å². The lowest BCUT2D eigenvalue weighted by atomic mass is 10.2. The first-order valence-corrected chi connectivity index (χ1v) is 9.79. The Hall–Kier alpha value is -3.66. The molecule has 0 amide bonds. The maximum absolute atomic E-state index is 14.2. The Kier molecular flexibility index (Phi) is 5.13. The van der Waals surface area contributed by atoms with Gasteiger partial charge >= 0.3 is 0 Å². The van der Waals surface area contributed by atoms with Crippen LogP contribution < -0.4 is 10.1 Å². The lowest BCUT2D eigenvalue weighted by Crippen LogP contribution is -2.21. The zero-order valence-corrected chi connectivity index (χ0v) is 16.3. The lowest BCUT2D eigenvalue weighted by Gasteiger charge is -2.12. The first-order chi connectivity index (χ1) is 15.2. The number of ether oxygens (including phenoxy) is 1. The first kappa shape index (κ1) is 19.3. The monoisotopic (exact) mass is 424 g/mol. The van der Waals surface area contributed by atoms with Gasteiger partial charge in [-0.1, -0.05) is 23.4 Å². The molecular formula is C21H18F2N6O2. The number of aromatic nitrogens is 5. The Morgan fingerprint density at radius 3 is 2.84 bits per heavy atom. The molecule has 4 heterocycles. The maximum atomic E-state index is 14.2. The predicted molar refractivity (Wildman–Crippen MR) is 106 cm³/mol. The van der Waals surface area contributed by atoms with Gasteiger partial charge < -0.3 is 14.6 Å². The molecule has 0 aliphatic carbocycles. The molecule has 3 aromatic heterocycles. The van der Waals surface area contributed by atoms with Crippen LogP contribution in [0, 0.1) is 11.6 Å². The third-order valence-corrected chi connectivity index (χ3v) is 4.99. The Labute approximate surface area is 175 Å². The molecule has 10 heteroatoms. The van der Waals surface area contributed by atoms with Crippen molar-refractivity contribution in [3.8, 4) is 28.8 Å². The molecule has 8 nitrogen and oxygen atoms in total. The van der Waals surface area contributed by atoms with Crippen LogP contribution in [0.2, 0.25) is 0 Å². The van der Waals surface area contributed by atoms with Crippen LogP contribution in [0.5, 0.6) is 5.88 Å². The highest BCUT2D eigenvalue weighted by Gasteiger charge is 2.21. The molecule has 1 unspecified atom stereocenters. The van der Waals surface area contributed by atoms with Gasteiger partial charge in [-0.15, -0.1) is 0 Å². The van der Waals surface area contributed by atoms with Crippen molar-refractivity contribution < 1.29 is 18.0 Å². The number of benzene rings is 1. The minimum Gasteiger partial charge on any atom is -0.471 e. The predicted octanol–water partition coefficient (Wildman–Crippen LogP) is 3.06. The molecular weight excluding hydrogens is 406 g/mol. The fraction of sp³-hybridized carbons (Fsp3) is 0.238. The maximum Gasteiger partial charge on any atom is 0.254 e. The van der Waals surface area contributed by atoms with Crippen LogP contribution in [-0.2, 0) is 6.54 Å². The molecule has 1 aliphatic heterocycles. The Bertz CT molecular complexity index is 1190. The van der Waals surface area contributed by atoms with Gasteiger partial charge in [0.05, 0.1) is 18.4 Å². The summed E-state index contributed by atoms with van der Waals surface area (Å²) in [5, 5.41) is 11.6. The van der Waals surface area contributed by atoms with Gasteiger partial charge in [0, 0.05) is 18.2 Å². The van der Waals surface area contributed by atoms with Crippen molar-refractivity contribution in [2.24, 2.45) is 0 Å². The van der Waals surface area contributed by atoms with E-state index in [2.05, 4.69) is 25.5 Å². The third-order valence-electron chi connectivity index (χ3n) is 4.99. The summed E-state index contributed by atoms with van der Waals surface area (Å²) >= 11 is 0. The Balaban J connectivity index is 1.52. The van der Waals surface area contributed by atoms with E-state index < -0.39 is 5.82 Å². The van der Waals surface area contributed by atoms with Crippen molar-refractivity contribution >= 4 is 0 Å². The molecule has 0 bridgehead atoms. The zero-order valence-electron chi connectivity index (χ0n) is 16.3. The molecule has 31 heavy (non-hydrogen) atoms. The topological polar surface area (TPSA) is 90.9 Å². The molecule has 1 atom stereocenters. The van der Waals surface area contributed by atoms with Crippen LogP contribution in [0.25, 0.3) is 22.9 Å². The largest absolute Gasteiger partial charge is 0.471 e. The van der Waals surface area contributed by atoms with Crippen molar-refractivity contribution in [1.82, 2.24) is 30.2 Å². The van der Waals surface area contributed by atoms with Gasteiger partial charge in [-0.2, -0.15) is 14.5 Å². The molecule has 1 aromatic carbocycles. The number of nitrogens with zero attached hydrogens (tertiary/aromatic N) is 5. The second kappa shape index (κ2) is 8.23. The van der Waals surface area contributed by atoms with Crippen LogP contribution in [0.15, 0.2) is 53.4 Å². The summed E-state index contributed by atoms with van der Waals surface area (Å²) in [5.41, 5.74) is 1.94. The van der Waals surface area contributed by atoms with E-state index in [1.807, 2.05) is 0 Å². The Morgan fingerprint density at radius 2 is 2.06 bits per heavy atom. The van der Waals surface area contributed by atoms with E-state index in [-0.39, 0.29) is 30.2 Å². The number of halogens is 2. The van der Waals surface area contributed by atoms with Gasteiger partial charge in [0.25, 0.3) is 5.88 Å². The molecule has 0 spiro atoms. The average molecular weight is 424 g/mol. The second-order valence-electron chi connectivity index (χ2n) is 7.13. The van der Waals surface area contributed by atoms with Crippen LogP contribution in [0.4, 0.5) is 8.78 Å². The summed E-state index contributed by atoms with van der Waals surface area (Å²) in [7, 11) is 0. The van der Waals surface area contributed by atoms with Crippen molar-refractivity contribution in [1.29, 1.82) is 0 Å². The highest BCUT2D eigenvalue weighted by molar-refractivity contribution is 5.62. The molecule has 158 valence electrons. The van der Waals surface area contributed by atoms with Crippen LogP contribution in [-0.4, -0.2) is 44.1 Å². The fourth-order valence-electron chi connectivity index (χ4n) is 3.43. The highest BCUT2D eigenvalue weighted by atomic mass is 19.1. The van der Waals surface area contributed by atoms with E-state index in [1.165, 1.54) is 12.3 Å². The first-order valence-electron chi connectivity index (χ1n) is 9.79. The van der Waals surface area contributed by atoms with E-state index in [0.717, 1.165) is 19.2 Å². The molecule has 1 saturated heterocycles. The molecule has 0 radical (unpaired) electrons. The third kappa shape index (κ3) is 4.02. The quantitative estimate of drug-likeness (QED) is 0.509. The number of nitrogens with one attached hydrogen (secondary N) is 1. The molecule has 1 fully saturated rings. The highest BCUT2D eigenvalue weighted by Crippen LogP contribution is 2.26. The van der Waals surface area contributed by atoms with Gasteiger partial charge in [0.15, 0.2) is 5.82 Å². The summed E-state index contributed by atoms with van der Waals surface area (Å²) < 4.78 is 40.6. The van der Waals surface area contributed by atoms with Gasteiger partial charge in [-0.05, 0) is 25.1 Å². The standard InChI is InChI=1S/C21H18F2N6O2/c22-15-4-2-1-3-13(15)12-29-19(17-6-8-30-28-17)9-18(27-29)20-25-11-16(23)21(26-20)31-14-5-7-24-10-14/h1-4,6,8-9,11,14,24H,5,7,10,12H2. The van der Waals surface area contributed by atoms with Crippen molar-refractivity contribution in [2.45, 2.75) is 19.1 Å². The summed E-state index contributed by atoms with van der Waals surface area (Å²) in [6, 6.07) is 9.82. The molecule has 1 aliphatic rings. The second-order valence-corrected chi connectivity index (χ2v) is 7.13. The number of rotatable bonds is 6. The van der Waals surface area contributed by atoms with E-state index in [0.29, 0.717) is 29.2 Å². The van der Waals surface area contributed by atoms with Gasteiger partial charge in [0.2, 0.25) is 5.82 Å². The van der Waals surface area contributed by atoms with E-state index >= 15 is 0 Å². The summed E-state index contributed by atoms with van der Waals surface area (Å²) in [4.78, 5) is 8.31. The molecule has 1 N–H and O–H groups in total. The molecule has 5 rings (SSSR count). The fourth-order valence-corrected chi connectivity index (χ4v) is 3.43. The minimum atomic E-state index is -0.641. The van der Waals surface area contributed by atoms with E-state index in [4.69, 9.17) is 9.26 Å². The summed E-state index contributed by atoms with van der Waals surface area (Å²) in [5.74, 6) is -0.910. The van der Waals surface area contributed by atoms with Crippen LogP contribution in [0.1, 0.15) is 12.0 Å². The normalized spacial score (nSPS) is 16.0. The van der Waals surface area contributed by atoms with E-state index in [9.17, 15) is 8.78 Å². The van der Waals surface area contributed by atoms with E-state index in [1.54, 1.807) is 35.0 Å². The zero-order chi connectivity index (χ0) is 21.2. The van der Waals surface area contributed by atoms with Gasteiger partial charge in [-0.25, -0.2) is 9.37 Å². The molecule has 4 aromatic rings. The SMILES string of the molecule is Fc1ccccc1Cn1nc(-c2ncc(F)c(OC3CCNC3)n2)cc1-c1ccon1. The number of hydrogen-bond donors (Lipinski definition) is 1. The van der Waals surface area contributed by atoms with Crippen LogP contribution >= 0.6 is 0 Å². The summed E-state index contributed by atoms with van der Waals surface area (Å²) in [6.45, 7) is 1.60. The van der Waals surface area contributed by atoms with Gasteiger partial charge in [-0.3, -0.25) is 4.68 Å². The Morgan fingerprint density at radius 1 is 1.16 bits per heavy atom. The lowest BCUT2D eigenvalue weighted by molar-refractivity contribution is 0.203. The van der Waals surface area contributed by atoms with Crippen molar-refractivity contribution in [3.05, 3.63) is 66.1 Å². The van der Waals surface area contributed by atoms with Gasteiger partial charge in [0.1, 0.15) is 29.6 Å². The van der Waals surface area contributed by atoms with Crippen molar-refractivity contribution in [3.63, 3.8) is 0 Å². The molecule has 0 saturated carbocycles. The minimum absolute atomic E-state index is 0.120. The summed E-state index contributed by atoms with van der Waals surface area (Å²) in [6.07, 6.45) is 3.12. The number of hydrogen-bond acceptors (Lipinski definition) is 7. The smallest absolute Gasteiger partial charge is 0.254 e. The van der Waals surface area contributed by atoms with Crippen LogP contribution in [0.3, 0.4) is 0 Å². The average Bonchev–Trinajstić information content (AvgIpc) is 3.53.